The second-order valence-corrected chi connectivity index (χ2v) is 8.91. The quantitative estimate of drug-likeness (QED) is 0.620. The molecular formula is C19H19N3O4S2. The summed E-state index contributed by atoms with van der Waals surface area (Å²) < 4.78 is 25.5. The van der Waals surface area contributed by atoms with Gasteiger partial charge in [-0.3, -0.25) is 9.63 Å². The average Bonchev–Trinajstić information content (AvgIpc) is 3.14. The van der Waals surface area contributed by atoms with E-state index in [1.165, 1.54) is 32.4 Å². The van der Waals surface area contributed by atoms with E-state index in [9.17, 15) is 13.2 Å². The smallest absolute Gasteiger partial charge is 0.264 e. The van der Waals surface area contributed by atoms with Crippen molar-refractivity contribution in [1.82, 2.24) is 9.45 Å². The minimum atomic E-state index is -3.83. The molecular weight excluding hydrogens is 398 g/mol. The van der Waals surface area contributed by atoms with Gasteiger partial charge in [0.1, 0.15) is 0 Å². The standard InChI is InChI=1S/C19H19N3O4S2/c1-13-20-18(12-27-13)14-6-4-8-16(10-14)21-19(23)15-7-5-9-17(11-15)28(24,25)22(2)26-3/h4-12H,1-3H3,(H,21,23). The zero-order valence-corrected chi connectivity index (χ0v) is 17.2. The predicted molar refractivity (Wildman–Crippen MR) is 109 cm³/mol. The van der Waals surface area contributed by atoms with E-state index >= 15 is 0 Å². The first-order chi connectivity index (χ1) is 13.3. The fourth-order valence-electron chi connectivity index (χ4n) is 2.50. The van der Waals surface area contributed by atoms with E-state index in [0.717, 1.165) is 20.7 Å². The molecule has 2 aromatic carbocycles. The number of carbonyl (C=O) groups excluding carboxylic acids is 1. The molecule has 3 aromatic rings. The first-order valence-corrected chi connectivity index (χ1v) is 10.6. The van der Waals surface area contributed by atoms with Gasteiger partial charge in [-0.15, -0.1) is 11.3 Å². The summed E-state index contributed by atoms with van der Waals surface area (Å²) >= 11 is 1.55. The molecule has 0 fully saturated rings. The van der Waals surface area contributed by atoms with Gasteiger partial charge in [0, 0.05) is 29.2 Å². The minimum Gasteiger partial charge on any atom is -0.322 e. The summed E-state index contributed by atoms with van der Waals surface area (Å²) in [6.45, 7) is 1.93. The molecule has 0 spiro atoms. The van der Waals surface area contributed by atoms with Gasteiger partial charge in [0.25, 0.3) is 15.9 Å². The number of thiazole rings is 1. The van der Waals surface area contributed by atoms with Crippen molar-refractivity contribution in [2.45, 2.75) is 11.8 Å². The lowest BCUT2D eigenvalue weighted by atomic mass is 10.1. The van der Waals surface area contributed by atoms with Crippen molar-refractivity contribution in [3.8, 4) is 11.3 Å². The highest BCUT2D eigenvalue weighted by Crippen LogP contribution is 2.24. The van der Waals surface area contributed by atoms with Gasteiger partial charge in [-0.2, -0.15) is 0 Å². The zero-order valence-electron chi connectivity index (χ0n) is 15.5. The topological polar surface area (TPSA) is 88.6 Å². The van der Waals surface area contributed by atoms with Crippen LogP contribution in [0, 0.1) is 6.92 Å². The predicted octanol–water partition coefficient (Wildman–Crippen LogP) is 3.55. The molecule has 1 heterocycles. The van der Waals surface area contributed by atoms with Crippen molar-refractivity contribution < 1.29 is 18.0 Å². The van der Waals surface area contributed by atoms with Crippen molar-refractivity contribution in [3.63, 3.8) is 0 Å². The van der Waals surface area contributed by atoms with Crippen LogP contribution >= 0.6 is 11.3 Å². The highest BCUT2D eigenvalue weighted by atomic mass is 32.2. The summed E-state index contributed by atoms with van der Waals surface area (Å²) in [5, 5.41) is 5.71. The number of hydrogen-bond donors (Lipinski definition) is 1. The van der Waals surface area contributed by atoms with Gasteiger partial charge in [0.2, 0.25) is 0 Å². The van der Waals surface area contributed by atoms with Crippen molar-refractivity contribution in [2.75, 3.05) is 19.5 Å². The van der Waals surface area contributed by atoms with Gasteiger partial charge in [-0.25, -0.2) is 13.4 Å². The van der Waals surface area contributed by atoms with E-state index in [1.807, 2.05) is 30.5 Å². The second kappa shape index (κ2) is 8.19. The molecule has 0 unspecified atom stereocenters. The van der Waals surface area contributed by atoms with Crippen molar-refractivity contribution in [2.24, 2.45) is 0 Å². The SMILES string of the molecule is CON(C)S(=O)(=O)c1cccc(C(=O)Nc2cccc(-c3csc(C)n3)c2)c1. The lowest BCUT2D eigenvalue weighted by molar-refractivity contribution is -0.0258. The van der Waals surface area contributed by atoms with Crippen LogP contribution < -0.4 is 5.32 Å². The third-order valence-corrected chi connectivity index (χ3v) is 6.47. The fourth-order valence-corrected chi connectivity index (χ4v) is 4.14. The Labute approximate surface area is 167 Å². The van der Waals surface area contributed by atoms with Crippen LogP contribution in [0.2, 0.25) is 0 Å². The maximum atomic E-state index is 12.6. The number of carbonyl (C=O) groups is 1. The van der Waals surface area contributed by atoms with E-state index in [2.05, 4.69) is 10.3 Å². The monoisotopic (exact) mass is 417 g/mol. The van der Waals surface area contributed by atoms with Crippen LogP contribution in [0.25, 0.3) is 11.3 Å². The molecule has 0 aliphatic rings. The number of nitrogens with one attached hydrogen (secondary N) is 1. The maximum absolute atomic E-state index is 12.6. The molecule has 28 heavy (non-hydrogen) atoms. The molecule has 0 saturated heterocycles. The Balaban J connectivity index is 1.83. The molecule has 3 rings (SSSR count). The van der Waals surface area contributed by atoms with Gasteiger partial charge in [-0.1, -0.05) is 22.7 Å². The molecule has 0 saturated carbocycles. The Kier molecular flexibility index (Phi) is 5.90. The minimum absolute atomic E-state index is 0.0313. The first-order valence-electron chi connectivity index (χ1n) is 8.28. The van der Waals surface area contributed by atoms with Gasteiger partial charge in [-0.05, 0) is 37.3 Å². The van der Waals surface area contributed by atoms with Crippen molar-refractivity contribution >= 4 is 33.0 Å². The van der Waals surface area contributed by atoms with Gasteiger partial charge < -0.3 is 5.32 Å². The number of hydrogen-bond acceptors (Lipinski definition) is 6. The number of anilines is 1. The van der Waals surface area contributed by atoms with Crippen LogP contribution in [0.15, 0.2) is 58.8 Å². The van der Waals surface area contributed by atoms with Crippen molar-refractivity contribution in [1.29, 1.82) is 0 Å². The lowest BCUT2D eigenvalue weighted by Gasteiger charge is -2.14. The van der Waals surface area contributed by atoms with Crippen LogP contribution in [-0.2, 0) is 14.9 Å². The highest BCUT2D eigenvalue weighted by molar-refractivity contribution is 7.89. The van der Waals surface area contributed by atoms with E-state index < -0.39 is 15.9 Å². The molecule has 7 nitrogen and oxygen atoms in total. The van der Waals surface area contributed by atoms with Crippen LogP contribution in [0.4, 0.5) is 5.69 Å². The number of aromatic nitrogens is 1. The Bertz CT molecular complexity index is 1110. The van der Waals surface area contributed by atoms with Gasteiger partial charge >= 0.3 is 0 Å². The average molecular weight is 418 g/mol. The van der Waals surface area contributed by atoms with Crippen LogP contribution in [0.5, 0.6) is 0 Å². The summed E-state index contributed by atoms with van der Waals surface area (Å²) in [6.07, 6.45) is 0. The molecule has 0 aliphatic heterocycles. The Morgan fingerprint density at radius 1 is 1.18 bits per heavy atom. The molecule has 146 valence electrons. The number of hydroxylamine groups is 1. The third-order valence-electron chi connectivity index (χ3n) is 4.02. The molecule has 0 radical (unpaired) electrons. The number of rotatable bonds is 6. The fraction of sp³-hybridized carbons (Fsp3) is 0.158. The van der Waals surface area contributed by atoms with Gasteiger partial charge in [0.15, 0.2) is 0 Å². The molecule has 1 N–H and O–H groups in total. The molecule has 0 aliphatic carbocycles. The zero-order chi connectivity index (χ0) is 20.3. The van der Waals surface area contributed by atoms with Crippen LogP contribution in [0.1, 0.15) is 15.4 Å². The second-order valence-electron chi connectivity index (χ2n) is 5.91. The number of sulfonamides is 1. The Morgan fingerprint density at radius 3 is 2.61 bits per heavy atom. The van der Waals surface area contributed by atoms with E-state index in [0.29, 0.717) is 5.69 Å². The normalized spacial score (nSPS) is 11.6. The van der Waals surface area contributed by atoms with Crippen LogP contribution in [0.3, 0.4) is 0 Å². The number of benzene rings is 2. The highest BCUT2D eigenvalue weighted by Gasteiger charge is 2.22. The Hall–Kier alpha value is -2.59. The number of amides is 1. The van der Waals surface area contributed by atoms with E-state index in [-0.39, 0.29) is 10.5 Å². The molecule has 9 heteroatoms. The summed E-state index contributed by atoms with van der Waals surface area (Å²) in [7, 11) is -1.29. The van der Waals surface area contributed by atoms with E-state index in [1.54, 1.807) is 23.5 Å². The Morgan fingerprint density at radius 2 is 1.93 bits per heavy atom. The summed E-state index contributed by atoms with van der Waals surface area (Å²) in [5.74, 6) is -0.413. The summed E-state index contributed by atoms with van der Waals surface area (Å²) in [5.41, 5.74) is 2.55. The largest absolute Gasteiger partial charge is 0.322 e. The lowest BCUT2D eigenvalue weighted by Crippen LogP contribution is -2.26. The third kappa shape index (κ3) is 4.28. The maximum Gasteiger partial charge on any atom is 0.264 e. The molecule has 0 bridgehead atoms. The molecule has 0 atom stereocenters. The van der Waals surface area contributed by atoms with Gasteiger partial charge in [0.05, 0.1) is 22.7 Å². The van der Waals surface area contributed by atoms with E-state index in [4.69, 9.17) is 4.84 Å². The molecule has 1 amide bonds. The van der Waals surface area contributed by atoms with Crippen molar-refractivity contribution in [3.05, 3.63) is 64.5 Å². The number of aryl methyl sites for hydroxylation is 1. The van der Waals surface area contributed by atoms with Crippen LogP contribution in [-0.4, -0.2) is 37.9 Å². The summed E-state index contributed by atoms with van der Waals surface area (Å²) in [6, 6.07) is 13.1. The first kappa shape index (κ1) is 20.2. The molecule has 1 aromatic heterocycles. The summed E-state index contributed by atoms with van der Waals surface area (Å²) in [4.78, 5) is 21.8. The number of nitrogens with zero attached hydrogens (tertiary/aromatic N) is 2.